The number of hydrogen-bond acceptors (Lipinski definition) is 4. The maximum atomic E-state index is 13.4. The molecular weight excluding hydrogens is 515 g/mol. The number of alkyl halides is 3. The van der Waals surface area contributed by atoms with E-state index in [0.717, 1.165) is 28.8 Å². The first kappa shape index (κ1) is 27.5. The van der Waals surface area contributed by atoms with Gasteiger partial charge in [0.15, 0.2) is 0 Å². The fourth-order valence-electron chi connectivity index (χ4n) is 4.40. The first-order valence-electron chi connectivity index (χ1n) is 12.2. The summed E-state index contributed by atoms with van der Waals surface area (Å²) in [5, 5.41) is 14.0. The summed E-state index contributed by atoms with van der Waals surface area (Å²) in [6, 6.07) is 18.9. The molecule has 39 heavy (non-hydrogen) atoms. The Labute approximate surface area is 222 Å². The third kappa shape index (κ3) is 7.73. The van der Waals surface area contributed by atoms with Crippen molar-refractivity contribution in [1.82, 2.24) is 10.2 Å². The maximum absolute atomic E-state index is 13.4. The number of anilines is 1. The van der Waals surface area contributed by atoms with Gasteiger partial charge in [-0.3, -0.25) is 9.59 Å². The van der Waals surface area contributed by atoms with Crippen molar-refractivity contribution >= 4 is 23.6 Å². The smallest absolute Gasteiger partial charge is 0.481 e. The van der Waals surface area contributed by atoms with E-state index in [4.69, 9.17) is 5.11 Å². The average molecular weight is 542 g/mol. The minimum Gasteiger partial charge on any atom is -0.481 e. The summed E-state index contributed by atoms with van der Waals surface area (Å²) in [7, 11) is 0. The molecule has 0 atom stereocenters. The fraction of sp³-hybridized carbons (Fsp3) is 0.250. The number of urea groups is 1. The molecule has 0 unspecified atom stereocenters. The van der Waals surface area contributed by atoms with Crippen LogP contribution in [0.4, 0.5) is 23.7 Å². The molecule has 3 aromatic rings. The third-order valence-electron chi connectivity index (χ3n) is 6.26. The number of aliphatic carboxylic acids is 1. The van der Waals surface area contributed by atoms with Crippen LogP contribution in [-0.2, 0) is 24.2 Å². The molecule has 0 radical (unpaired) electrons. The van der Waals surface area contributed by atoms with Crippen molar-refractivity contribution in [3.8, 4) is 5.75 Å². The quantitative estimate of drug-likeness (QED) is 0.354. The van der Waals surface area contributed by atoms with E-state index in [0.29, 0.717) is 24.1 Å². The van der Waals surface area contributed by atoms with Gasteiger partial charge in [-0.1, -0.05) is 36.4 Å². The van der Waals surface area contributed by atoms with E-state index in [1.165, 1.54) is 12.1 Å². The summed E-state index contributed by atoms with van der Waals surface area (Å²) in [4.78, 5) is 38.0. The Balaban J connectivity index is 1.47. The number of amides is 3. The Hall–Kier alpha value is -4.54. The predicted octanol–water partition coefficient (Wildman–Crippen LogP) is 4.99. The zero-order valence-corrected chi connectivity index (χ0v) is 20.7. The molecule has 0 fully saturated rings. The van der Waals surface area contributed by atoms with Crippen molar-refractivity contribution in [3.63, 3.8) is 0 Å². The van der Waals surface area contributed by atoms with Gasteiger partial charge >= 0.3 is 18.4 Å². The number of rotatable bonds is 9. The van der Waals surface area contributed by atoms with Crippen molar-refractivity contribution in [1.29, 1.82) is 0 Å². The second kappa shape index (κ2) is 11.9. The number of carboxylic acids is 1. The van der Waals surface area contributed by atoms with Gasteiger partial charge in [-0.15, -0.1) is 13.2 Å². The molecule has 11 heteroatoms. The summed E-state index contributed by atoms with van der Waals surface area (Å²) in [6.07, 6.45) is -3.71. The van der Waals surface area contributed by atoms with Crippen LogP contribution in [-0.4, -0.2) is 46.9 Å². The standard InChI is InChI=1S/C28H26F3N3O5/c29-28(30,31)39-24-11-9-22(10-12-24)33-27(38)34(23-15-20-3-1-2-4-21(20)16-23)17-18-5-7-19(8-6-18)26(37)32-14-13-25(35)36/h1-12,23H,13-17H2,(H,32,37)(H,33,38)(H,35,36). The highest BCUT2D eigenvalue weighted by Crippen LogP contribution is 2.28. The molecule has 0 spiro atoms. The monoisotopic (exact) mass is 541 g/mol. The van der Waals surface area contributed by atoms with E-state index in [1.807, 2.05) is 24.3 Å². The van der Waals surface area contributed by atoms with Crippen molar-refractivity contribution in [2.45, 2.75) is 38.2 Å². The molecule has 0 aliphatic heterocycles. The van der Waals surface area contributed by atoms with Crippen LogP contribution in [0.3, 0.4) is 0 Å². The highest BCUT2D eigenvalue weighted by molar-refractivity contribution is 5.94. The lowest BCUT2D eigenvalue weighted by Gasteiger charge is -2.29. The van der Waals surface area contributed by atoms with Crippen LogP contribution in [0.25, 0.3) is 0 Å². The lowest BCUT2D eigenvalue weighted by Crippen LogP contribution is -2.43. The summed E-state index contributed by atoms with van der Waals surface area (Å²) in [5.41, 5.74) is 3.71. The van der Waals surface area contributed by atoms with Crippen LogP contribution in [0.5, 0.6) is 5.75 Å². The van der Waals surface area contributed by atoms with E-state index in [2.05, 4.69) is 15.4 Å². The predicted molar refractivity (Wildman–Crippen MR) is 136 cm³/mol. The normalized spacial score (nSPS) is 12.9. The zero-order chi connectivity index (χ0) is 28.0. The molecule has 3 N–H and O–H groups in total. The molecule has 3 aromatic carbocycles. The molecule has 204 valence electrons. The van der Waals surface area contributed by atoms with E-state index in [-0.39, 0.29) is 25.6 Å². The van der Waals surface area contributed by atoms with Crippen molar-refractivity contribution < 1.29 is 37.4 Å². The zero-order valence-electron chi connectivity index (χ0n) is 20.7. The first-order valence-corrected chi connectivity index (χ1v) is 12.2. The third-order valence-corrected chi connectivity index (χ3v) is 6.26. The second-order valence-corrected chi connectivity index (χ2v) is 9.06. The Morgan fingerprint density at radius 1 is 0.923 bits per heavy atom. The average Bonchev–Trinajstić information content (AvgIpc) is 3.31. The lowest BCUT2D eigenvalue weighted by atomic mass is 10.1. The number of carboxylic acid groups (broad SMARTS) is 1. The van der Waals surface area contributed by atoms with Gasteiger partial charge in [0, 0.05) is 30.4 Å². The Bertz CT molecular complexity index is 1300. The maximum Gasteiger partial charge on any atom is 0.573 e. The van der Waals surface area contributed by atoms with Crippen LogP contribution >= 0.6 is 0 Å². The van der Waals surface area contributed by atoms with Gasteiger partial charge in [-0.05, 0) is 65.9 Å². The van der Waals surface area contributed by atoms with E-state index in [1.54, 1.807) is 29.2 Å². The molecule has 0 heterocycles. The number of benzene rings is 3. The molecule has 1 aliphatic carbocycles. The van der Waals surface area contributed by atoms with Crippen LogP contribution in [0, 0.1) is 0 Å². The molecule has 8 nitrogen and oxygen atoms in total. The van der Waals surface area contributed by atoms with Crippen molar-refractivity contribution in [2.75, 3.05) is 11.9 Å². The van der Waals surface area contributed by atoms with Crippen LogP contribution in [0.15, 0.2) is 72.8 Å². The van der Waals surface area contributed by atoms with Crippen LogP contribution in [0.1, 0.15) is 33.5 Å². The van der Waals surface area contributed by atoms with Gasteiger partial charge in [0.1, 0.15) is 5.75 Å². The molecule has 0 bridgehead atoms. The van der Waals surface area contributed by atoms with Gasteiger partial charge < -0.3 is 25.4 Å². The Morgan fingerprint density at radius 2 is 1.54 bits per heavy atom. The SMILES string of the molecule is O=C(O)CCNC(=O)c1ccc(CN(C(=O)Nc2ccc(OC(F)(F)F)cc2)C2Cc3ccccc3C2)cc1. The van der Waals surface area contributed by atoms with Gasteiger partial charge in [0.2, 0.25) is 0 Å². The molecule has 3 amide bonds. The van der Waals surface area contributed by atoms with Gasteiger partial charge in [0.25, 0.3) is 5.91 Å². The highest BCUT2D eigenvalue weighted by atomic mass is 19.4. The fourth-order valence-corrected chi connectivity index (χ4v) is 4.40. The largest absolute Gasteiger partial charge is 0.573 e. The molecular formula is C28H26F3N3O5. The van der Waals surface area contributed by atoms with Crippen molar-refractivity contribution in [3.05, 3.63) is 95.1 Å². The minimum absolute atomic E-state index is 0.00934. The topological polar surface area (TPSA) is 108 Å². The number of hydrogen-bond donors (Lipinski definition) is 3. The Morgan fingerprint density at radius 3 is 2.10 bits per heavy atom. The summed E-state index contributed by atoms with van der Waals surface area (Å²) in [6.45, 7) is 0.232. The Kier molecular flexibility index (Phi) is 8.38. The number of carbonyl (C=O) groups is 3. The van der Waals surface area contributed by atoms with Crippen molar-refractivity contribution in [2.24, 2.45) is 0 Å². The van der Waals surface area contributed by atoms with E-state index in [9.17, 15) is 27.6 Å². The molecule has 0 aromatic heterocycles. The molecule has 0 saturated heterocycles. The number of carbonyl (C=O) groups excluding carboxylic acids is 2. The second-order valence-electron chi connectivity index (χ2n) is 9.06. The minimum atomic E-state index is -4.81. The van der Waals surface area contributed by atoms with Crippen LogP contribution in [0.2, 0.25) is 0 Å². The summed E-state index contributed by atoms with van der Waals surface area (Å²) in [5.74, 6) is -1.80. The number of nitrogens with zero attached hydrogens (tertiary/aromatic N) is 1. The van der Waals surface area contributed by atoms with Crippen LogP contribution < -0.4 is 15.4 Å². The number of fused-ring (bicyclic) bond motifs is 1. The lowest BCUT2D eigenvalue weighted by molar-refractivity contribution is -0.274. The number of ether oxygens (including phenoxy) is 1. The van der Waals surface area contributed by atoms with E-state index < -0.39 is 30.0 Å². The molecule has 0 saturated carbocycles. The van der Waals surface area contributed by atoms with Gasteiger partial charge in [-0.2, -0.15) is 0 Å². The molecule has 4 rings (SSSR count). The number of halogens is 3. The van der Waals surface area contributed by atoms with Gasteiger partial charge in [-0.25, -0.2) is 4.79 Å². The number of nitrogens with one attached hydrogen (secondary N) is 2. The molecule has 1 aliphatic rings. The van der Waals surface area contributed by atoms with E-state index >= 15 is 0 Å². The van der Waals surface area contributed by atoms with Gasteiger partial charge in [0.05, 0.1) is 6.42 Å². The summed E-state index contributed by atoms with van der Waals surface area (Å²) < 4.78 is 41.3. The highest BCUT2D eigenvalue weighted by Gasteiger charge is 2.32. The first-order chi connectivity index (χ1) is 18.6. The summed E-state index contributed by atoms with van der Waals surface area (Å²) >= 11 is 0.